The summed E-state index contributed by atoms with van der Waals surface area (Å²) in [5.74, 6) is -1.28. The van der Waals surface area contributed by atoms with Crippen LogP contribution in [-0.4, -0.2) is 64.1 Å². The van der Waals surface area contributed by atoms with E-state index in [1.807, 2.05) is 17.4 Å². The third kappa shape index (κ3) is 6.30. The highest BCUT2D eigenvalue weighted by Gasteiger charge is 2.30. The Morgan fingerprint density at radius 2 is 1.72 bits per heavy atom. The zero-order valence-corrected chi connectivity index (χ0v) is 21.6. The molecule has 0 saturated carbocycles. The second kappa shape index (κ2) is 11.1. The Hall–Kier alpha value is -4.55. The number of nitrogens with zero attached hydrogens (tertiary/aromatic N) is 4. The van der Waals surface area contributed by atoms with Gasteiger partial charge in [0.25, 0.3) is 5.91 Å². The molecule has 0 unspecified atom stereocenters. The highest BCUT2D eigenvalue weighted by Crippen LogP contribution is 2.36. The van der Waals surface area contributed by atoms with E-state index in [1.54, 1.807) is 43.0 Å². The van der Waals surface area contributed by atoms with E-state index in [0.717, 1.165) is 11.1 Å². The lowest BCUT2D eigenvalue weighted by Gasteiger charge is -2.16. The highest BCUT2D eigenvalue weighted by atomic mass is 19.4. The molecule has 0 aliphatic carbocycles. The molecule has 0 radical (unpaired) electrons. The quantitative estimate of drug-likeness (QED) is 0.315. The van der Waals surface area contributed by atoms with Crippen LogP contribution in [0.3, 0.4) is 0 Å². The molecule has 3 aromatic heterocycles. The fraction of sp³-hybridized carbons (Fsp3) is 0.308. The van der Waals surface area contributed by atoms with Crippen LogP contribution in [0.2, 0.25) is 0 Å². The van der Waals surface area contributed by atoms with Gasteiger partial charge in [0.15, 0.2) is 0 Å². The Morgan fingerprint density at radius 1 is 1.03 bits per heavy atom. The van der Waals surface area contributed by atoms with Crippen LogP contribution in [0.15, 0.2) is 49.1 Å². The number of aromatic nitrogens is 4. The Labute approximate surface area is 221 Å². The molecule has 0 aliphatic rings. The maximum atomic E-state index is 12.6. The summed E-state index contributed by atoms with van der Waals surface area (Å²) in [6, 6.07) is 6.75. The summed E-state index contributed by atoms with van der Waals surface area (Å²) >= 11 is 0. The van der Waals surface area contributed by atoms with E-state index in [9.17, 15) is 22.8 Å². The lowest BCUT2D eigenvalue weighted by Crippen LogP contribution is -2.34. The molecule has 4 aromatic rings. The van der Waals surface area contributed by atoms with Crippen molar-refractivity contribution in [2.24, 2.45) is 0 Å². The van der Waals surface area contributed by atoms with Gasteiger partial charge < -0.3 is 19.5 Å². The molecule has 0 aliphatic heterocycles. The number of fused-ring (bicyclic) bond motifs is 1. The van der Waals surface area contributed by atoms with Crippen LogP contribution in [0.5, 0.6) is 11.5 Å². The van der Waals surface area contributed by atoms with Crippen LogP contribution in [0, 0.1) is 0 Å². The van der Waals surface area contributed by atoms with Gasteiger partial charge in [-0.25, -0.2) is 4.98 Å². The van der Waals surface area contributed by atoms with E-state index >= 15 is 0 Å². The second-order valence-electron chi connectivity index (χ2n) is 8.81. The number of amides is 1. The fourth-order valence-electron chi connectivity index (χ4n) is 3.96. The molecular formula is C26H26F3N5O5. The number of rotatable bonds is 9. The zero-order valence-electron chi connectivity index (χ0n) is 21.6. The van der Waals surface area contributed by atoms with Gasteiger partial charge in [-0.1, -0.05) is 0 Å². The molecular weight excluding hydrogens is 519 g/mol. The largest absolute Gasteiger partial charge is 0.496 e. The summed E-state index contributed by atoms with van der Waals surface area (Å²) in [4.78, 5) is 28.9. The van der Waals surface area contributed by atoms with Crippen LogP contribution in [-0.2, 0) is 16.1 Å². The van der Waals surface area contributed by atoms with Crippen molar-refractivity contribution in [3.63, 3.8) is 0 Å². The number of carbonyl (C=O) groups is 2. The summed E-state index contributed by atoms with van der Waals surface area (Å²) in [6.45, 7) is 2.05. The van der Waals surface area contributed by atoms with Gasteiger partial charge in [0.2, 0.25) is 0 Å². The van der Waals surface area contributed by atoms with Crippen molar-refractivity contribution < 1.29 is 37.0 Å². The number of nitrogens with one attached hydrogen (secondary N) is 1. The summed E-state index contributed by atoms with van der Waals surface area (Å²) in [5, 5.41) is 6.07. The summed E-state index contributed by atoms with van der Waals surface area (Å²) in [6.07, 6.45) is 1.99. The molecule has 0 spiro atoms. The first-order valence-electron chi connectivity index (χ1n) is 11.8. The van der Waals surface area contributed by atoms with E-state index in [2.05, 4.69) is 10.1 Å². The third-order valence-corrected chi connectivity index (χ3v) is 5.62. The van der Waals surface area contributed by atoms with E-state index in [-0.39, 0.29) is 35.7 Å². The van der Waals surface area contributed by atoms with Crippen LogP contribution in [0.25, 0.3) is 28.0 Å². The van der Waals surface area contributed by atoms with E-state index < -0.39 is 18.6 Å². The number of hydrogen-bond donors (Lipinski definition) is 1. The lowest BCUT2D eigenvalue weighted by molar-refractivity contribution is -0.148. The first-order valence-corrected chi connectivity index (χ1v) is 11.8. The monoisotopic (exact) mass is 545 g/mol. The van der Waals surface area contributed by atoms with Crippen LogP contribution >= 0.6 is 0 Å². The van der Waals surface area contributed by atoms with Crippen molar-refractivity contribution in [3.05, 3.63) is 54.6 Å². The standard InChI is InChI=1S/C26H26F3N5O5/c1-15(2)39-23(35)13-33-12-18(10-32-33)16-5-6-34-19(11-30-22(34)9-16)17-7-20(37-3)24(21(8-17)38-4)25(36)31-14-26(27,28)29/h5-12,15H,13-14H2,1-4H3,(H,31,36). The van der Waals surface area contributed by atoms with E-state index in [0.29, 0.717) is 16.9 Å². The maximum absolute atomic E-state index is 12.6. The number of hydrogen-bond acceptors (Lipinski definition) is 7. The molecule has 3 heterocycles. The first kappa shape index (κ1) is 27.5. The van der Waals surface area contributed by atoms with Crippen LogP contribution in [0.1, 0.15) is 24.2 Å². The molecule has 1 amide bonds. The Kier molecular flexibility index (Phi) is 7.79. The van der Waals surface area contributed by atoms with Crippen molar-refractivity contribution in [3.8, 4) is 33.9 Å². The zero-order chi connectivity index (χ0) is 28.3. The van der Waals surface area contributed by atoms with E-state index in [4.69, 9.17) is 14.2 Å². The Balaban J connectivity index is 1.63. The number of esters is 1. The fourth-order valence-corrected chi connectivity index (χ4v) is 3.96. The van der Waals surface area contributed by atoms with Crippen molar-refractivity contribution in [2.45, 2.75) is 32.7 Å². The normalized spacial score (nSPS) is 11.6. The Morgan fingerprint density at radius 3 is 2.33 bits per heavy atom. The van der Waals surface area contributed by atoms with Crippen molar-refractivity contribution in [1.82, 2.24) is 24.5 Å². The van der Waals surface area contributed by atoms with Gasteiger partial charge in [-0.05, 0) is 43.7 Å². The summed E-state index contributed by atoms with van der Waals surface area (Å²) in [5.41, 5.74) is 3.22. The smallest absolute Gasteiger partial charge is 0.405 e. The minimum absolute atomic E-state index is 0.0121. The SMILES string of the molecule is COc1cc(-c2cnc3cc(-c4cnn(CC(=O)OC(C)C)c4)ccn23)cc(OC)c1C(=O)NCC(F)(F)F. The average molecular weight is 546 g/mol. The number of imidazole rings is 1. The Bertz CT molecular complexity index is 1480. The summed E-state index contributed by atoms with van der Waals surface area (Å²) < 4.78 is 56.9. The van der Waals surface area contributed by atoms with Gasteiger partial charge in [0.1, 0.15) is 35.8 Å². The van der Waals surface area contributed by atoms with Gasteiger partial charge in [0.05, 0.1) is 38.4 Å². The minimum atomic E-state index is -4.57. The molecule has 0 saturated heterocycles. The molecule has 206 valence electrons. The number of ether oxygens (including phenoxy) is 3. The highest BCUT2D eigenvalue weighted by molar-refractivity contribution is 6.00. The number of halogens is 3. The predicted octanol–water partition coefficient (Wildman–Crippen LogP) is 4.13. The van der Waals surface area contributed by atoms with Crippen molar-refractivity contribution >= 4 is 17.5 Å². The average Bonchev–Trinajstić information content (AvgIpc) is 3.52. The molecule has 1 aromatic carbocycles. The molecule has 10 nitrogen and oxygen atoms in total. The number of alkyl halides is 3. The van der Waals surface area contributed by atoms with Crippen molar-refractivity contribution in [2.75, 3.05) is 20.8 Å². The van der Waals surface area contributed by atoms with Gasteiger partial charge in [-0.3, -0.25) is 18.7 Å². The maximum Gasteiger partial charge on any atom is 0.405 e. The summed E-state index contributed by atoms with van der Waals surface area (Å²) in [7, 11) is 2.62. The van der Waals surface area contributed by atoms with Crippen LogP contribution < -0.4 is 14.8 Å². The molecule has 4 rings (SSSR count). The van der Waals surface area contributed by atoms with Crippen LogP contribution in [0.4, 0.5) is 13.2 Å². The molecule has 0 fully saturated rings. The molecule has 0 atom stereocenters. The number of methoxy groups -OCH3 is 2. The van der Waals surface area contributed by atoms with Gasteiger partial charge in [-0.2, -0.15) is 18.3 Å². The van der Waals surface area contributed by atoms with Gasteiger partial charge >= 0.3 is 12.1 Å². The first-order chi connectivity index (χ1) is 18.5. The van der Waals surface area contributed by atoms with Gasteiger partial charge in [0, 0.05) is 23.5 Å². The topological polar surface area (TPSA) is 109 Å². The number of carbonyl (C=O) groups excluding carboxylic acids is 2. The number of benzene rings is 1. The predicted molar refractivity (Wildman–Crippen MR) is 135 cm³/mol. The molecule has 13 heteroatoms. The third-order valence-electron chi connectivity index (χ3n) is 5.62. The van der Waals surface area contributed by atoms with Gasteiger partial charge in [-0.15, -0.1) is 0 Å². The minimum Gasteiger partial charge on any atom is -0.496 e. The van der Waals surface area contributed by atoms with E-state index in [1.165, 1.54) is 31.0 Å². The lowest BCUT2D eigenvalue weighted by atomic mass is 10.1. The second-order valence-corrected chi connectivity index (χ2v) is 8.81. The van der Waals surface area contributed by atoms with Crippen molar-refractivity contribution in [1.29, 1.82) is 0 Å². The molecule has 39 heavy (non-hydrogen) atoms. The molecule has 0 bridgehead atoms. The molecule has 1 N–H and O–H groups in total. The number of pyridine rings is 1.